The van der Waals surface area contributed by atoms with E-state index in [1.807, 2.05) is 37.4 Å². The quantitative estimate of drug-likeness (QED) is 0.686. The number of methoxy groups -OCH3 is 2. The first-order valence-corrected chi connectivity index (χ1v) is 9.25. The highest BCUT2D eigenvalue weighted by Crippen LogP contribution is 2.28. The number of amides is 1. The van der Waals surface area contributed by atoms with Gasteiger partial charge in [0.15, 0.2) is 11.5 Å². The van der Waals surface area contributed by atoms with Gasteiger partial charge in [0.1, 0.15) is 5.82 Å². The Hall–Kier alpha value is -2.76. The Bertz CT molecular complexity index is 732. The van der Waals surface area contributed by atoms with Gasteiger partial charge in [-0.1, -0.05) is 19.4 Å². The fraction of sp³-hybridized carbons (Fsp3) is 0.429. The van der Waals surface area contributed by atoms with Gasteiger partial charge in [0.05, 0.1) is 26.1 Å². The van der Waals surface area contributed by atoms with Crippen LogP contribution in [0.25, 0.3) is 0 Å². The third kappa shape index (κ3) is 6.16. The summed E-state index contributed by atoms with van der Waals surface area (Å²) < 4.78 is 10.5. The van der Waals surface area contributed by atoms with Gasteiger partial charge in [-0.25, -0.2) is 4.98 Å². The Morgan fingerprint density at radius 2 is 1.93 bits per heavy atom. The first-order chi connectivity index (χ1) is 13.1. The molecule has 0 aliphatic heterocycles. The first-order valence-electron chi connectivity index (χ1n) is 9.25. The zero-order valence-corrected chi connectivity index (χ0v) is 16.6. The molecule has 0 aliphatic carbocycles. The third-order valence-corrected chi connectivity index (χ3v) is 4.36. The Labute approximate surface area is 161 Å². The molecule has 1 aromatic carbocycles. The summed E-state index contributed by atoms with van der Waals surface area (Å²) in [7, 11) is 5.23. The standard InChI is InChI=1S/C21H29N3O3/c1-5-6-13-24(2)20-11-9-17(15-22-20)23-21(25)12-8-16-7-10-18(26-3)19(14-16)27-4/h7,9-11,14-15H,5-6,8,12-13H2,1-4H3,(H,23,25). The van der Waals surface area contributed by atoms with Crippen molar-refractivity contribution in [3.8, 4) is 11.5 Å². The van der Waals surface area contributed by atoms with Crippen LogP contribution in [0.2, 0.25) is 0 Å². The van der Waals surface area contributed by atoms with Crippen molar-refractivity contribution in [3.63, 3.8) is 0 Å². The van der Waals surface area contributed by atoms with E-state index in [0.717, 1.165) is 30.8 Å². The van der Waals surface area contributed by atoms with E-state index in [4.69, 9.17) is 9.47 Å². The topological polar surface area (TPSA) is 63.7 Å². The van der Waals surface area contributed by atoms with Crippen molar-refractivity contribution in [3.05, 3.63) is 42.1 Å². The molecule has 1 aromatic heterocycles. The molecule has 2 aromatic rings. The molecule has 0 bridgehead atoms. The number of anilines is 2. The molecule has 0 atom stereocenters. The number of nitrogens with zero attached hydrogens (tertiary/aromatic N) is 2. The monoisotopic (exact) mass is 371 g/mol. The maximum absolute atomic E-state index is 12.2. The summed E-state index contributed by atoms with van der Waals surface area (Å²) >= 11 is 0. The molecule has 0 radical (unpaired) electrons. The molecule has 0 spiro atoms. The Morgan fingerprint density at radius 1 is 1.15 bits per heavy atom. The summed E-state index contributed by atoms with van der Waals surface area (Å²) in [5, 5.41) is 2.90. The van der Waals surface area contributed by atoms with Crippen molar-refractivity contribution in [2.45, 2.75) is 32.6 Å². The van der Waals surface area contributed by atoms with Gasteiger partial charge in [-0.3, -0.25) is 4.79 Å². The van der Waals surface area contributed by atoms with Crippen molar-refractivity contribution in [2.75, 3.05) is 38.0 Å². The number of unbranched alkanes of at least 4 members (excludes halogenated alkanes) is 1. The van der Waals surface area contributed by atoms with Crippen molar-refractivity contribution >= 4 is 17.4 Å². The number of nitrogens with one attached hydrogen (secondary N) is 1. The van der Waals surface area contributed by atoms with Crippen LogP contribution in [0.15, 0.2) is 36.5 Å². The van der Waals surface area contributed by atoms with E-state index in [1.54, 1.807) is 20.4 Å². The number of hydrogen-bond acceptors (Lipinski definition) is 5. The van der Waals surface area contributed by atoms with E-state index in [0.29, 0.717) is 30.0 Å². The summed E-state index contributed by atoms with van der Waals surface area (Å²) in [5.41, 5.74) is 1.73. The minimum atomic E-state index is -0.0429. The fourth-order valence-corrected chi connectivity index (χ4v) is 2.71. The van der Waals surface area contributed by atoms with Crippen molar-refractivity contribution in [1.82, 2.24) is 4.98 Å². The van der Waals surface area contributed by atoms with Crippen molar-refractivity contribution in [1.29, 1.82) is 0 Å². The number of benzene rings is 1. The predicted molar refractivity (Wildman–Crippen MR) is 109 cm³/mol. The van der Waals surface area contributed by atoms with Crippen LogP contribution >= 0.6 is 0 Å². The van der Waals surface area contributed by atoms with Crippen LogP contribution in [-0.2, 0) is 11.2 Å². The number of pyridine rings is 1. The van der Waals surface area contributed by atoms with Gasteiger partial charge in [0, 0.05) is 20.0 Å². The zero-order valence-electron chi connectivity index (χ0n) is 16.6. The van der Waals surface area contributed by atoms with E-state index in [2.05, 4.69) is 22.1 Å². The highest BCUT2D eigenvalue weighted by molar-refractivity contribution is 5.90. The van der Waals surface area contributed by atoms with Crippen LogP contribution < -0.4 is 19.7 Å². The SMILES string of the molecule is CCCCN(C)c1ccc(NC(=O)CCc2ccc(OC)c(OC)c2)cn1. The van der Waals surface area contributed by atoms with E-state index < -0.39 is 0 Å². The van der Waals surface area contributed by atoms with E-state index in [9.17, 15) is 4.79 Å². The summed E-state index contributed by atoms with van der Waals surface area (Å²) in [4.78, 5) is 18.8. The number of aryl methyl sites for hydroxylation is 1. The second-order valence-corrected chi connectivity index (χ2v) is 6.42. The van der Waals surface area contributed by atoms with E-state index >= 15 is 0 Å². The molecule has 1 amide bonds. The van der Waals surface area contributed by atoms with Gasteiger partial charge in [-0.2, -0.15) is 0 Å². The highest BCUT2D eigenvalue weighted by atomic mass is 16.5. The summed E-state index contributed by atoms with van der Waals surface area (Å²) in [6.07, 6.45) is 4.99. The predicted octanol–water partition coefficient (Wildman–Crippen LogP) is 3.91. The normalized spacial score (nSPS) is 10.4. The van der Waals surface area contributed by atoms with Crippen LogP contribution in [0, 0.1) is 0 Å². The average Bonchev–Trinajstić information content (AvgIpc) is 2.70. The summed E-state index contributed by atoms with van der Waals surface area (Å²) in [6, 6.07) is 9.51. The number of carbonyl (C=O) groups excluding carboxylic acids is 1. The molecular weight excluding hydrogens is 342 g/mol. The lowest BCUT2D eigenvalue weighted by molar-refractivity contribution is -0.116. The van der Waals surface area contributed by atoms with E-state index in [1.165, 1.54) is 0 Å². The minimum Gasteiger partial charge on any atom is -0.493 e. The minimum absolute atomic E-state index is 0.0429. The molecule has 2 rings (SSSR count). The van der Waals surface area contributed by atoms with Gasteiger partial charge in [0.25, 0.3) is 0 Å². The molecule has 0 saturated carbocycles. The van der Waals surface area contributed by atoms with Gasteiger partial charge in [-0.15, -0.1) is 0 Å². The maximum atomic E-state index is 12.2. The second kappa shape index (κ2) is 10.4. The smallest absolute Gasteiger partial charge is 0.224 e. The lowest BCUT2D eigenvalue weighted by Gasteiger charge is -2.17. The fourth-order valence-electron chi connectivity index (χ4n) is 2.71. The van der Waals surface area contributed by atoms with Crippen LogP contribution in [0.3, 0.4) is 0 Å². The van der Waals surface area contributed by atoms with E-state index in [-0.39, 0.29) is 5.91 Å². The van der Waals surface area contributed by atoms with Crippen LogP contribution in [0.1, 0.15) is 31.7 Å². The molecule has 6 heteroatoms. The zero-order chi connectivity index (χ0) is 19.6. The van der Waals surface area contributed by atoms with Gasteiger partial charge >= 0.3 is 0 Å². The highest BCUT2D eigenvalue weighted by Gasteiger charge is 2.08. The molecule has 0 fully saturated rings. The number of ether oxygens (including phenoxy) is 2. The van der Waals surface area contributed by atoms with Crippen molar-refractivity contribution in [2.24, 2.45) is 0 Å². The third-order valence-electron chi connectivity index (χ3n) is 4.36. The molecule has 0 saturated heterocycles. The second-order valence-electron chi connectivity index (χ2n) is 6.42. The summed E-state index contributed by atoms with van der Waals surface area (Å²) in [5.74, 6) is 2.22. The molecule has 1 N–H and O–H groups in total. The van der Waals surface area contributed by atoms with Gasteiger partial charge < -0.3 is 19.7 Å². The number of rotatable bonds is 10. The molecule has 1 heterocycles. The Morgan fingerprint density at radius 3 is 2.56 bits per heavy atom. The molecule has 146 valence electrons. The number of aromatic nitrogens is 1. The van der Waals surface area contributed by atoms with Crippen LogP contribution in [0.5, 0.6) is 11.5 Å². The molecular formula is C21H29N3O3. The lowest BCUT2D eigenvalue weighted by atomic mass is 10.1. The molecule has 0 aliphatic rings. The molecule has 27 heavy (non-hydrogen) atoms. The largest absolute Gasteiger partial charge is 0.493 e. The van der Waals surface area contributed by atoms with Gasteiger partial charge in [-0.05, 0) is 42.7 Å². The maximum Gasteiger partial charge on any atom is 0.224 e. The lowest BCUT2D eigenvalue weighted by Crippen LogP contribution is -2.19. The first kappa shape index (κ1) is 20.6. The molecule has 6 nitrogen and oxygen atoms in total. The summed E-state index contributed by atoms with van der Waals surface area (Å²) in [6.45, 7) is 3.14. The van der Waals surface area contributed by atoms with Crippen molar-refractivity contribution < 1.29 is 14.3 Å². The number of carbonyl (C=O) groups is 1. The Balaban J connectivity index is 1.87. The van der Waals surface area contributed by atoms with Crippen LogP contribution in [-0.4, -0.2) is 38.7 Å². The Kier molecular flexibility index (Phi) is 7.92. The van der Waals surface area contributed by atoms with Gasteiger partial charge in [0.2, 0.25) is 5.91 Å². The van der Waals surface area contributed by atoms with Crippen LogP contribution in [0.4, 0.5) is 11.5 Å². The number of hydrogen-bond donors (Lipinski definition) is 1. The molecule has 0 unspecified atom stereocenters. The average molecular weight is 371 g/mol.